The van der Waals surface area contributed by atoms with Gasteiger partial charge in [0.25, 0.3) is 5.56 Å². The molecule has 0 bridgehead atoms. The van der Waals surface area contributed by atoms with Crippen molar-refractivity contribution in [1.29, 1.82) is 0 Å². The Balaban J connectivity index is 2.71. The molecule has 1 unspecified atom stereocenters. The summed E-state index contributed by atoms with van der Waals surface area (Å²) >= 11 is 0. The summed E-state index contributed by atoms with van der Waals surface area (Å²) in [5.74, 6) is -0.394. The summed E-state index contributed by atoms with van der Waals surface area (Å²) in [6.45, 7) is 3.35. The maximum atomic E-state index is 11.7. The van der Waals surface area contributed by atoms with Gasteiger partial charge in [-0.05, 0) is 13.3 Å². The van der Waals surface area contributed by atoms with Crippen LogP contribution in [0.4, 0.5) is 0 Å². The van der Waals surface area contributed by atoms with E-state index in [-0.39, 0.29) is 13.1 Å². The predicted molar refractivity (Wildman–Crippen MR) is 69.9 cm³/mol. The number of amides is 1. The number of nitrogens with one attached hydrogen (secondary N) is 1. The van der Waals surface area contributed by atoms with Gasteiger partial charge in [0.1, 0.15) is 6.54 Å². The highest BCUT2D eigenvalue weighted by Gasteiger charge is 2.18. The number of rotatable bonds is 5. The lowest BCUT2D eigenvalue weighted by molar-refractivity contribution is -0.122. The molecule has 1 amide bonds. The topological polar surface area (TPSA) is 93.3 Å². The average molecular weight is 269 g/mol. The molecule has 0 aromatic carbocycles. The molecule has 7 heteroatoms. The minimum atomic E-state index is -0.968. The van der Waals surface area contributed by atoms with Crippen LogP contribution in [-0.4, -0.2) is 32.3 Å². The zero-order valence-corrected chi connectivity index (χ0v) is 11.3. The van der Waals surface area contributed by atoms with Gasteiger partial charge in [0.15, 0.2) is 0 Å². The maximum absolute atomic E-state index is 11.7. The van der Waals surface area contributed by atoms with Gasteiger partial charge < -0.3 is 10.4 Å². The van der Waals surface area contributed by atoms with E-state index in [4.69, 9.17) is 0 Å². The third-order valence-electron chi connectivity index (χ3n) is 3.00. The van der Waals surface area contributed by atoms with Crippen LogP contribution in [0.2, 0.25) is 0 Å². The van der Waals surface area contributed by atoms with Crippen molar-refractivity contribution in [3.8, 4) is 0 Å². The summed E-state index contributed by atoms with van der Waals surface area (Å²) in [5, 5.41) is 12.3. The third kappa shape index (κ3) is 4.06. The summed E-state index contributed by atoms with van der Waals surface area (Å²) < 4.78 is 2.06. The fourth-order valence-corrected chi connectivity index (χ4v) is 1.36. The third-order valence-corrected chi connectivity index (χ3v) is 3.00. The SMILES string of the molecule is CCC(C)(O)CNC(=O)Cn1ccc(=O)n(C)c1=O. The summed E-state index contributed by atoms with van der Waals surface area (Å²) in [7, 11) is 1.35. The molecule has 106 valence electrons. The first-order valence-corrected chi connectivity index (χ1v) is 6.02. The number of nitrogens with zero attached hydrogens (tertiary/aromatic N) is 2. The molecule has 0 aliphatic heterocycles. The molecule has 0 fully saturated rings. The standard InChI is InChI=1S/C12H19N3O4/c1-4-12(2,19)8-13-9(16)7-15-6-5-10(17)14(3)11(15)18/h5-6,19H,4,7-8H2,1-3H3,(H,13,16). The molecule has 1 rings (SSSR count). The smallest absolute Gasteiger partial charge is 0.331 e. The molecule has 0 saturated heterocycles. The lowest BCUT2D eigenvalue weighted by atomic mass is 10.0. The molecule has 0 radical (unpaired) electrons. The van der Waals surface area contributed by atoms with Crippen LogP contribution >= 0.6 is 0 Å². The number of carbonyl (C=O) groups excluding carboxylic acids is 1. The summed E-state index contributed by atoms with van der Waals surface area (Å²) in [5.41, 5.74) is -1.94. The van der Waals surface area contributed by atoms with Crippen LogP contribution in [0.25, 0.3) is 0 Å². The van der Waals surface area contributed by atoms with Crippen LogP contribution in [0.1, 0.15) is 20.3 Å². The van der Waals surface area contributed by atoms with Gasteiger partial charge in [-0.25, -0.2) is 4.79 Å². The van der Waals surface area contributed by atoms with Gasteiger partial charge >= 0.3 is 5.69 Å². The molecule has 1 heterocycles. The van der Waals surface area contributed by atoms with E-state index >= 15 is 0 Å². The Labute approximate surface area is 110 Å². The molecule has 2 N–H and O–H groups in total. The Kier molecular flexibility index (Phi) is 4.66. The van der Waals surface area contributed by atoms with E-state index in [1.54, 1.807) is 6.92 Å². The van der Waals surface area contributed by atoms with Crippen LogP contribution < -0.4 is 16.6 Å². The Morgan fingerprint density at radius 2 is 2.11 bits per heavy atom. The van der Waals surface area contributed by atoms with Crippen molar-refractivity contribution in [3.05, 3.63) is 33.1 Å². The van der Waals surface area contributed by atoms with Crippen LogP contribution in [0, 0.1) is 0 Å². The lowest BCUT2D eigenvalue weighted by Crippen LogP contribution is -2.44. The van der Waals surface area contributed by atoms with Crippen molar-refractivity contribution in [1.82, 2.24) is 14.5 Å². The highest BCUT2D eigenvalue weighted by atomic mass is 16.3. The van der Waals surface area contributed by atoms with E-state index in [1.165, 1.54) is 19.3 Å². The van der Waals surface area contributed by atoms with Gasteiger partial charge in [-0.3, -0.25) is 18.7 Å². The van der Waals surface area contributed by atoms with Gasteiger partial charge in [-0.2, -0.15) is 0 Å². The molecule has 0 spiro atoms. The number of hydrogen-bond donors (Lipinski definition) is 2. The fourth-order valence-electron chi connectivity index (χ4n) is 1.36. The normalized spacial score (nSPS) is 13.9. The van der Waals surface area contributed by atoms with Gasteiger partial charge in [0.05, 0.1) is 5.60 Å². The van der Waals surface area contributed by atoms with Crippen molar-refractivity contribution < 1.29 is 9.90 Å². The van der Waals surface area contributed by atoms with Crippen molar-refractivity contribution in [2.24, 2.45) is 7.05 Å². The monoisotopic (exact) mass is 269 g/mol. The molecule has 7 nitrogen and oxygen atoms in total. The van der Waals surface area contributed by atoms with Crippen LogP contribution in [-0.2, 0) is 18.4 Å². The second-order valence-electron chi connectivity index (χ2n) is 4.75. The lowest BCUT2D eigenvalue weighted by Gasteiger charge is -2.21. The molecule has 19 heavy (non-hydrogen) atoms. The molecule has 0 aliphatic rings. The highest BCUT2D eigenvalue weighted by Crippen LogP contribution is 2.05. The molecule has 1 aromatic heterocycles. The van der Waals surface area contributed by atoms with E-state index in [0.717, 1.165) is 9.13 Å². The van der Waals surface area contributed by atoms with Crippen molar-refractivity contribution in [3.63, 3.8) is 0 Å². The second-order valence-corrected chi connectivity index (χ2v) is 4.75. The Hall–Kier alpha value is -1.89. The zero-order chi connectivity index (χ0) is 14.6. The molecular weight excluding hydrogens is 250 g/mol. The van der Waals surface area contributed by atoms with Crippen molar-refractivity contribution >= 4 is 5.91 Å². The quantitative estimate of drug-likeness (QED) is 0.704. The van der Waals surface area contributed by atoms with Crippen molar-refractivity contribution in [2.75, 3.05) is 6.54 Å². The summed E-state index contributed by atoms with van der Waals surface area (Å²) in [6, 6.07) is 1.22. The average Bonchev–Trinajstić information content (AvgIpc) is 2.37. The first kappa shape index (κ1) is 15.2. The predicted octanol–water partition coefficient (Wildman–Crippen LogP) is -1.18. The van der Waals surface area contributed by atoms with E-state index in [1.807, 2.05) is 6.92 Å². The van der Waals surface area contributed by atoms with Crippen LogP contribution in [0.15, 0.2) is 21.9 Å². The van der Waals surface area contributed by atoms with E-state index in [2.05, 4.69) is 5.32 Å². The minimum Gasteiger partial charge on any atom is -0.388 e. The molecule has 0 aliphatic carbocycles. The number of carbonyl (C=O) groups is 1. The van der Waals surface area contributed by atoms with Crippen molar-refractivity contribution in [2.45, 2.75) is 32.4 Å². The molecule has 0 saturated carbocycles. The Morgan fingerprint density at radius 3 is 2.68 bits per heavy atom. The van der Waals surface area contributed by atoms with Gasteiger partial charge in [0.2, 0.25) is 5.91 Å². The Bertz CT molecular complexity index is 571. The first-order chi connectivity index (χ1) is 8.76. The molecule has 1 atom stereocenters. The zero-order valence-electron chi connectivity index (χ0n) is 11.3. The molecule has 1 aromatic rings. The molecular formula is C12H19N3O4. The number of hydrogen-bond acceptors (Lipinski definition) is 4. The summed E-state index contributed by atoms with van der Waals surface area (Å²) in [4.78, 5) is 34.5. The van der Waals surface area contributed by atoms with Gasteiger partial charge in [-0.15, -0.1) is 0 Å². The van der Waals surface area contributed by atoms with E-state index < -0.39 is 22.8 Å². The number of aliphatic hydroxyl groups is 1. The van der Waals surface area contributed by atoms with Gasteiger partial charge in [0, 0.05) is 25.9 Å². The highest BCUT2D eigenvalue weighted by molar-refractivity contribution is 5.75. The second kappa shape index (κ2) is 5.83. The maximum Gasteiger partial charge on any atom is 0.331 e. The van der Waals surface area contributed by atoms with E-state index in [9.17, 15) is 19.5 Å². The van der Waals surface area contributed by atoms with E-state index in [0.29, 0.717) is 6.42 Å². The fraction of sp³-hybridized carbons (Fsp3) is 0.583. The Morgan fingerprint density at radius 1 is 1.47 bits per heavy atom. The van der Waals surface area contributed by atoms with Crippen LogP contribution in [0.3, 0.4) is 0 Å². The van der Waals surface area contributed by atoms with Crippen LogP contribution in [0.5, 0.6) is 0 Å². The number of aromatic nitrogens is 2. The largest absolute Gasteiger partial charge is 0.388 e. The first-order valence-electron chi connectivity index (χ1n) is 6.02. The minimum absolute atomic E-state index is 0.114. The van der Waals surface area contributed by atoms with Gasteiger partial charge in [-0.1, -0.05) is 6.92 Å². The summed E-state index contributed by atoms with van der Waals surface area (Å²) in [6.07, 6.45) is 1.79.